The quantitative estimate of drug-likeness (QED) is 0.326. The second kappa shape index (κ2) is 8.76. The fourth-order valence-electron chi connectivity index (χ4n) is 2.60. The van der Waals surface area contributed by atoms with Gasteiger partial charge in [-0.25, -0.2) is 9.67 Å². The topological polar surface area (TPSA) is 105 Å². The van der Waals surface area contributed by atoms with Crippen LogP contribution in [0.1, 0.15) is 25.6 Å². The molecular weight excluding hydrogens is 368 g/mol. The minimum Gasteiger partial charge on any atom is -0.469 e. The van der Waals surface area contributed by atoms with Crippen LogP contribution in [0.3, 0.4) is 0 Å². The lowest BCUT2D eigenvalue weighted by molar-refractivity contribution is -0.140. The lowest BCUT2D eigenvalue weighted by Crippen LogP contribution is -2.25. The van der Waals surface area contributed by atoms with E-state index in [1.54, 1.807) is 22.9 Å². The largest absolute Gasteiger partial charge is 0.469 e. The van der Waals surface area contributed by atoms with Crippen molar-refractivity contribution in [2.24, 2.45) is 0 Å². The minimum atomic E-state index is -0.377. The van der Waals surface area contributed by atoms with Gasteiger partial charge in [-0.1, -0.05) is 30.8 Å². The lowest BCUT2D eigenvalue weighted by Gasteiger charge is -2.12. The van der Waals surface area contributed by atoms with E-state index >= 15 is 0 Å². The third kappa shape index (κ3) is 4.33. The summed E-state index contributed by atoms with van der Waals surface area (Å²) in [5, 5.41) is 12.8. The predicted molar refractivity (Wildman–Crippen MR) is 100 cm³/mol. The van der Waals surface area contributed by atoms with Crippen molar-refractivity contribution in [2.75, 3.05) is 7.11 Å². The molecule has 3 aromatic rings. The van der Waals surface area contributed by atoms with E-state index < -0.39 is 0 Å². The molecule has 0 fully saturated rings. The Labute approximate surface area is 159 Å². The summed E-state index contributed by atoms with van der Waals surface area (Å²) in [7, 11) is 1.33. The van der Waals surface area contributed by atoms with E-state index in [4.69, 9.17) is 0 Å². The van der Waals surface area contributed by atoms with Crippen molar-refractivity contribution in [3.63, 3.8) is 0 Å². The van der Waals surface area contributed by atoms with Gasteiger partial charge in [0.1, 0.15) is 0 Å². The number of aryl methyl sites for hydroxylation is 1. The Bertz CT molecular complexity index is 1000. The fraction of sp³-hybridized carbons (Fsp3) is 0.412. The van der Waals surface area contributed by atoms with E-state index in [9.17, 15) is 9.59 Å². The summed E-state index contributed by atoms with van der Waals surface area (Å²) in [4.78, 5) is 29.0. The molecule has 2 heterocycles. The van der Waals surface area contributed by atoms with Crippen molar-refractivity contribution < 1.29 is 9.53 Å². The molecular formula is C17H20N6O3S. The molecule has 0 N–H and O–H groups in total. The third-order valence-electron chi connectivity index (χ3n) is 3.97. The molecule has 142 valence electrons. The predicted octanol–water partition coefficient (Wildman–Crippen LogP) is 1.65. The van der Waals surface area contributed by atoms with Crippen molar-refractivity contribution in [2.45, 2.75) is 43.8 Å². The van der Waals surface area contributed by atoms with Crippen LogP contribution < -0.4 is 5.56 Å². The number of fused-ring (bicyclic) bond motifs is 1. The molecule has 9 nitrogen and oxygen atoms in total. The molecule has 0 aliphatic heterocycles. The number of carbonyl (C=O) groups excluding carboxylic acids is 1. The number of para-hydroxylation sites is 1. The molecule has 0 unspecified atom stereocenters. The van der Waals surface area contributed by atoms with Crippen molar-refractivity contribution in [1.29, 1.82) is 0 Å². The highest BCUT2D eigenvalue weighted by molar-refractivity contribution is 7.98. The number of hydrogen-bond acceptors (Lipinski definition) is 8. The lowest BCUT2D eigenvalue weighted by atomic mass is 10.2. The number of carbonyl (C=O) groups is 1. The highest BCUT2D eigenvalue weighted by Gasteiger charge is 2.15. The maximum absolute atomic E-state index is 12.9. The molecule has 1 aromatic carbocycles. The molecule has 10 heteroatoms. The summed E-state index contributed by atoms with van der Waals surface area (Å²) in [6.45, 7) is 2.97. The van der Waals surface area contributed by atoms with Crippen LogP contribution in [0.25, 0.3) is 10.9 Å². The number of nitrogens with zero attached hydrogens (tertiary/aromatic N) is 6. The highest BCUT2D eigenvalue weighted by Crippen LogP contribution is 2.21. The van der Waals surface area contributed by atoms with E-state index in [1.807, 2.05) is 13.0 Å². The summed E-state index contributed by atoms with van der Waals surface area (Å²) in [6, 6.07) is 7.16. The zero-order valence-corrected chi connectivity index (χ0v) is 16.0. The van der Waals surface area contributed by atoms with E-state index in [-0.39, 0.29) is 24.5 Å². The molecule has 0 radical (unpaired) electrons. The molecule has 0 saturated heterocycles. The number of benzene rings is 1. The highest BCUT2D eigenvalue weighted by atomic mass is 32.2. The van der Waals surface area contributed by atoms with Gasteiger partial charge in [-0.15, -0.1) is 5.10 Å². The van der Waals surface area contributed by atoms with Crippen molar-refractivity contribution in [3.05, 3.63) is 40.4 Å². The Morgan fingerprint density at radius 1 is 1.26 bits per heavy atom. The average molecular weight is 388 g/mol. The number of esters is 1. The number of tetrazole rings is 1. The SMILES string of the molecule is CCCn1nnnc1CSc1nc2ccccc2c(=O)n1CCC(=O)OC. The second-order valence-electron chi connectivity index (χ2n) is 5.80. The number of hydrogen-bond donors (Lipinski definition) is 0. The molecule has 27 heavy (non-hydrogen) atoms. The Morgan fingerprint density at radius 3 is 2.85 bits per heavy atom. The molecule has 2 aromatic heterocycles. The first-order valence-corrected chi connectivity index (χ1v) is 9.56. The van der Waals surface area contributed by atoms with Gasteiger partial charge < -0.3 is 4.74 Å². The van der Waals surface area contributed by atoms with Gasteiger partial charge in [0.2, 0.25) is 0 Å². The normalized spacial score (nSPS) is 11.0. The second-order valence-corrected chi connectivity index (χ2v) is 6.74. The van der Waals surface area contributed by atoms with Crippen molar-refractivity contribution >= 4 is 28.6 Å². The van der Waals surface area contributed by atoms with Gasteiger partial charge in [0.05, 0.1) is 30.2 Å². The van der Waals surface area contributed by atoms with Crippen LogP contribution in [0.5, 0.6) is 0 Å². The minimum absolute atomic E-state index is 0.0948. The van der Waals surface area contributed by atoms with Gasteiger partial charge in [0.25, 0.3) is 5.56 Å². The van der Waals surface area contributed by atoms with E-state index in [2.05, 4.69) is 25.2 Å². The van der Waals surface area contributed by atoms with Crippen LogP contribution in [0.15, 0.2) is 34.2 Å². The molecule has 0 saturated carbocycles. The van der Waals surface area contributed by atoms with Crippen LogP contribution in [0.4, 0.5) is 0 Å². The van der Waals surface area contributed by atoms with Gasteiger partial charge in [0.15, 0.2) is 11.0 Å². The van der Waals surface area contributed by atoms with Crippen LogP contribution >= 0.6 is 11.8 Å². The smallest absolute Gasteiger partial charge is 0.307 e. The van der Waals surface area contributed by atoms with E-state index in [1.165, 1.54) is 23.4 Å². The van der Waals surface area contributed by atoms with E-state index in [0.717, 1.165) is 13.0 Å². The van der Waals surface area contributed by atoms with Crippen molar-refractivity contribution in [3.8, 4) is 0 Å². The Hall–Kier alpha value is -2.75. The van der Waals surface area contributed by atoms with Crippen LogP contribution in [-0.2, 0) is 28.4 Å². The molecule has 0 atom stereocenters. The molecule has 0 aliphatic rings. The summed E-state index contributed by atoms with van der Waals surface area (Å²) >= 11 is 1.37. The summed E-state index contributed by atoms with van der Waals surface area (Å²) in [5.74, 6) is 0.803. The first-order valence-electron chi connectivity index (χ1n) is 8.58. The maximum atomic E-state index is 12.9. The van der Waals surface area contributed by atoms with Gasteiger partial charge in [-0.3, -0.25) is 14.2 Å². The number of thioether (sulfide) groups is 1. The first-order chi connectivity index (χ1) is 13.1. The van der Waals surface area contributed by atoms with Gasteiger partial charge >= 0.3 is 5.97 Å². The first kappa shape index (κ1) is 19.0. The maximum Gasteiger partial charge on any atom is 0.307 e. The van der Waals surface area contributed by atoms with Crippen molar-refractivity contribution in [1.82, 2.24) is 29.8 Å². The Balaban J connectivity index is 1.92. The third-order valence-corrected chi connectivity index (χ3v) is 4.94. The van der Waals surface area contributed by atoms with Crippen LogP contribution in [0.2, 0.25) is 0 Å². The average Bonchev–Trinajstić information content (AvgIpc) is 3.13. The van der Waals surface area contributed by atoms with Crippen LogP contribution in [-0.4, -0.2) is 42.8 Å². The molecule has 0 bridgehead atoms. The molecule has 3 rings (SSSR count). The molecule has 0 amide bonds. The monoisotopic (exact) mass is 388 g/mol. The zero-order chi connectivity index (χ0) is 19.2. The Kier molecular flexibility index (Phi) is 6.17. The number of aromatic nitrogens is 6. The summed E-state index contributed by atoms with van der Waals surface area (Å²) in [5.41, 5.74) is 0.438. The summed E-state index contributed by atoms with van der Waals surface area (Å²) < 4.78 is 7.94. The fourth-order valence-corrected chi connectivity index (χ4v) is 3.56. The standard InChI is InChI=1S/C17H20N6O3S/c1-3-9-23-14(19-20-21-23)11-27-17-18-13-7-5-4-6-12(13)16(25)22(17)10-8-15(24)26-2/h4-7H,3,8-11H2,1-2H3. The number of ether oxygens (including phenoxy) is 1. The Morgan fingerprint density at radius 2 is 2.07 bits per heavy atom. The number of methoxy groups -OCH3 is 1. The zero-order valence-electron chi connectivity index (χ0n) is 15.2. The van der Waals surface area contributed by atoms with Gasteiger partial charge in [0, 0.05) is 13.1 Å². The van der Waals surface area contributed by atoms with Gasteiger partial charge in [-0.2, -0.15) is 0 Å². The molecule has 0 spiro atoms. The van der Waals surface area contributed by atoms with E-state index in [0.29, 0.717) is 27.6 Å². The number of rotatable bonds is 8. The van der Waals surface area contributed by atoms with Crippen LogP contribution in [0, 0.1) is 0 Å². The molecule has 0 aliphatic carbocycles. The van der Waals surface area contributed by atoms with Gasteiger partial charge in [-0.05, 0) is 29.0 Å². The summed E-state index contributed by atoms with van der Waals surface area (Å²) in [6.07, 6.45) is 1.01.